The summed E-state index contributed by atoms with van der Waals surface area (Å²) in [5.41, 5.74) is 11.5. The molecular weight excluding hydrogens is 789 g/mol. The van der Waals surface area contributed by atoms with Crippen molar-refractivity contribution in [2.45, 2.75) is 128 Å². The molecule has 324 valence electrons. The van der Waals surface area contributed by atoms with Crippen molar-refractivity contribution >= 4 is 70.8 Å². The van der Waals surface area contributed by atoms with Gasteiger partial charge in [0.05, 0.1) is 11.9 Å². The third kappa shape index (κ3) is 14.8. The highest BCUT2D eigenvalue weighted by Gasteiger charge is 2.51. The second kappa shape index (κ2) is 23.3. The molecule has 0 spiro atoms. The summed E-state index contributed by atoms with van der Waals surface area (Å²) in [6, 6.07) is 2.00. The van der Waals surface area contributed by atoms with Crippen LogP contribution in [0.15, 0.2) is 30.3 Å². The Kier molecular flexibility index (Phi) is 20.0. The first-order valence-corrected chi connectivity index (χ1v) is 21.7. The monoisotopic (exact) mass is 850 g/mol. The van der Waals surface area contributed by atoms with Crippen molar-refractivity contribution in [2.75, 3.05) is 17.9 Å². The minimum Gasteiger partial charge on any atom is -0.381 e. The van der Waals surface area contributed by atoms with Crippen molar-refractivity contribution in [1.29, 1.82) is 0 Å². The fourth-order valence-electron chi connectivity index (χ4n) is 6.44. The summed E-state index contributed by atoms with van der Waals surface area (Å²) in [6.45, 7) is 11.7. The van der Waals surface area contributed by atoms with Gasteiger partial charge in [0.1, 0.15) is 30.2 Å². The molecule has 58 heavy (non-hydrogen) atoms. The van der Waals surface area contributed by atoms with Crippen LogP contribution in [-0.4, -0.2) is 122 Å². The molecule has 8 amide bonds. The van der Waals surface area contributed by atoms with Crippen molar-refractivity contribution in [3.05, 3.63) is 35.9 Å². The van der Waals surface area contributed by atoms with Crippen LogP contribution < -0.4 is 38.1 Å². The van der Waals surface area contributed by atoms with E-state index in [0.29, 0.717) is 24.2 Å². The van der Waals surface area contributed by atoms with Crippen molar-refractivity contribution in [1.82, 2.24) is 31.5 Å². The van der Waals surface area contributed by atoms with E-state index in [9.17, 15) is 43.5 Å². The molecule has 1 heterocycles. The molecule has 8 atom stereocenters. The Labute approximate surface area is 349 Å². The molecule has 1 aliphatic rings. The fourth-order valence-corrected chi connectivity index (χ4v) is 8.06. The van der Waals surface area contributed by atoms with Gasteiger partial charge in [-0.15, -0.1) is 11.8 Å². The molecule has 1 aliphatic heterocycles. The summed E-state index contributed by atoms with van der Waals surface area (Å²) in [5.74, 6) is -5.78. The van der Waals surface area contributed by atoms with E-state index in [0.717, 1.165) is 0 Å². The topological polar surface area (TPSA) is 272 Å². The zero-order valence-electron chi connectivity index (χ0n) is 34.7. The van der Waals surface area contributed by atoms with Crippen LogP contribution in [0.2, 0.25) is 0 Å². The number of aliphatic hydroxyl groups is 1. The van der Waals surface area contributed by atoms with Crippen molar-refractivity contribution in [2.24, 2.45) is 23.3 Å². The van der Waals surface area contributed by atoms with Crippen molar-refractivity contribution in [3.63, 3.8) is 0 Å². The molecule has 0 unspecified atom stereocenters. The van der Waals surface area contributed by atoms with Crippen molar-refractivity contribution < 1.29 is 43.5 Å². The van der Waals surface area contributed by atoms with Crippen LogP contribution >= 0.6 is 23.5 Å². The molecule has 10 N–H and O–H groups in total. The van der Waals surface area contributed by atoms with E-state index in [-0.39, 0.29) is 31.1 Å². The third-order valence-electron chi connectivity index (χ3n) is 10.0. The summed E-state index contributed by atoms with van der Waals surface area (Å²) in [7, 11) is 0. The van der Waals surface area contributed by atoms with Gasteiger partial charge >= 0.3 is 0 Å². The molecule has 1 aromatic carbocycles. The third-order valence-corrected chi connectivity index (χ3v) is 12.0. The second-order valence-electron chi connectivity index (χ2n) is 15.4. The van der Waals surface area contributed by atoms with Crippen LogP contribution in [0.4, 0.5) is 0 Å². The highest BCUT2D eigenvalue weighted by molar-refractivity contribution is 8.00. The number of amides is 8. The number of hydrogen-bond acceptors (Lipinski definition) is 11. The molecule has 1 fully saturated rings. The SMILES string of the molecule is CC[C@H](C)[C@H](NC(=O)[C@H]1N(C(=O)[C@@H](O)[C@H](Cc2ccccc2)NC(=O)[C@@H](NC(=O)[C@H](CCC(N)=O)NC(C)=O)C(C)C)CSC1(C)C)C(=O)N[C@@H](CCSC)C(N)=O. The molecular formula is C39H62N8O9S2. The fraction of sp³-hybridized carbons (Fsp3) is 0.641. The number of nitrogens with zero attached hydrogens (tertiary/aromatic N) is 1. The normalized spacial score (nSPS) is 18.4. The van der Waals surface area contributed by atoms with Crippen LogP contribution in [0.3, 0.4) is 0 Å². The van der Waals surface area contributed by atoms with E-state index >= 15 is 0 Å². The number of nitrogens with one attached hydrogen (secondary N) is 5. The molecule has 1 saturated heterocycles. The summed E-state index contributed by atoms with van der Waals surface area (Å²) in [6.07, 6.45) is 0.461. The lowest BCUT2D eigenvalue weighted by atomic mass is 9.94. The quantitative estimate of drug-likeness (QED) is 0.0722. The van der Waals surface area contributed by atoms with Gasteiger partial charge in [-0.3, -0.25) is 38.4 Å². The van der Waals surface area contributed by atoms with E-state index in [4.69, 9.17) is 11.5 Å². The number of carbonyl (C=O) groups is 8. The number of benzene rings is 1. The predicted octanol–water partition coefficient (Wildman–Crippen LogP) is -0.0800. The zero-order valence-corrected chi connectivity index (χ0v) is 36.3. The number of primary amides is 2. The summed E-state index contributed by atoms with van der Waals surface area (Å²) in [5, 5.41) is 25.1. The maximum Gasteiger partial charge on any atom is 0.254 e. The Morgan fingerprint density at radius 3 is 2.03 bits per heavy atom. The predicted molar refractivity (Wildman–Crippen MR) is 224 cm³/mol. The van der Waals surface area contributed by atoms with E-state index in [1.165, 1.54) is 35.3 Å². The first-order valence-electron chi connectivity index (χ1n) is 19.4. The average molecular weight is 851 g/mol. The van der Waals surface area contributed by atoms with Gasteiger partial charge in [-0.05, 0) is 62.5 Å². The highest BCUT2D eigenvalue weighted by Crippen LogP contribution is 2.40. The summed E-state index contributed by atoms with van der Waals surface area (Å²) < 4.78 is -0.881. The molecule has 0 aromatic heterocycles. The molecule has 0 saturated carbocycles. The van der Waals surface area contributed by atoms with Gasteiger partial charge in [0.25, 0.3) is 5.91 Å². The Balaban J connectivity index is 2.43. The standard InChI is InChI=1S/C39H62N8O9S2/c1-9-22(4)30(36(54)43-25(33(41)51)17-18-57-8)46-37(55)32-39(6,7)58-20-47(32)38(56)31(50)27(19-24-13-11-10-12-14-24)44-35(53)29(21(2)3)45-34(52)26(42-23(5)48)15-16-28(40)49/h10-14,21-22,25-27,29-32,50H,9,15-20H2,1-8H3,(H2,40,49)(H2,41,51)(H,42,48)(H,43,54)(H,44,53)(H,45,52)(H,46,55)/t22-,25-,26-,27-,29-,30-,31-,32+/m0/s1. The molecule has 1 aromatic rings. The molecule has 0 radical (unpaired) electrons. The number of rotatable bonds is 23. The van der Waals surface area contributed by atoms with E-state index in [2.05, 4.69) is 26.6 Å². The van der Waals surface area contributed by atoms with Crippen LogP contribution in [0.1, 0.15) is 79.7 Å². The zero-order chi connectivity index (χ0) is 43.9. The van der Waals surface area contributed by atoms with E-state index < -0.39 is 100 Å². The van der Waals surface area contributed by atoms with Crippen LogP contribution in [0.25, 0.3) is 0 Å². The largest absolute Gasteiger partial charge is 0.381 e. The summed E-state index contributed by atoms with van der Waals surface area (Å²) >= 11 is 2.78. The van der Waals surface area contributed by atoms with Crippen LogP contribution in [0.5, 0.6) is 0 Å². The smallest absolute Gasteiger partial charge is 0.254 e. The number of hydrogen-bond donors (Lipinski definition) is 8. The first kappa shape index (κ1) is 49.8. The van der Waals surface area contributed by atoms with Gasteiger partial charge in [0.2, 0.25) is 41.4 Å². The minimum absolute atomic E-state index is 0.00608. The Morgan fingerprint density at radius 2 is 1.50 bits per heavy atom. The number of thioether (sulfide) groups is 2. The minimum atomic E-state index is -1.87. The Morgan fingerprint density at radius 1 is 0.879 bits per heavy atom. The maximum atomic E-state index is 14.3. The van der Waals surface area contributed by atoms with Gasteiger partial charge in [0, 0.05) is 18.1 Å². The molecule has 0 aliphatic carbocycles. The summed E-state index contributed by atoms with van der Waals surface area (Å²) in [4.78, 5) is 106. The Hall–Kier alpha value is -4.36. The maximum absolute atomic E-state index is 14.3. The molecule has 0 bridgehead atoms. The lowest BCUT2D eigenvalue weighted by Gasteiger charge is -2.35. The van der Waals surface area contributed by atoms with Gasteiger partial charge in [-0.25, -0.2) is 0 Å². The van der Waals surface area contributed by atoms with Gasteiger partial charge < -0.3 is 48.1 Å². The van der Waals surface area contributed by atoms with Gasteiger partial charge in [-0.1, -0.05) is 64.4 Å². The Bertz CT molecular complexity index is 1620. The van der Waals surface area contributed by atoms with Crippen LogP contribution in [0, 0.1) is 11.8 Å². The lowest BCUT2D eigenvalue weighted by molar-refractivity contribution is -0.148. The second-order valence-corrected chi connectivity index (χ2v) is 18.0. The number of aliphatic hydroxyl groups excluding tert-OH is 1. The van der Waals surface area contributed by atoms with Gasteiger partial charge in [-0.2, -0.15) is 11.8 Å². The molecule has 19 heteroatoms. The highest BCUT2D eigenvalue weighted by atomic mass is 32.2. The van der Waals surface area contributed by atoms with Gasteiger partial charge in [0.15, 0.2) is 6.10 Å². The van der Waals surface area contributed by atoms with Crippen LogP contribution in [-0.2, 0) is 44.8 Å². The molecule has 17 nitrogen and oxygen atoms in total. The van der Waals surface area contributed by atoms with E-state index in [1.807, 2.05) is 13.2 Å². The number of carbonyl (C=O) groups excluding carboxylic acids is 8. The van der Waals surface area contributed by atoms with Crippen molar-refractivity contribution in [3.8, 4) is 0 Å². The molecule has 2 rings (SSSR count). The van der Waals surface area contributed by atoms with E-state index in [1.54, 1.807) is 65.0 Å². The number of nitrogens with two attached hydrogens (primary N) is 2. The first-order chi connectivity index (χ1) is 27.1. The average Bonchev–Trinajstić information content (AvgIpc) is 3.48. The lowest BCUT2D eigenvalue weighted by Crippen LogP contribution is -2.63.